The van der Waals surface area contributed by atoms with Crippen LogP contribution in [0.15, 0.2) is 54.6 Å². The molecule has 0 aliphatic heterocycles. The lowest BCUT2D eigenvalue weighted by Crippen LogP contribution is -2.65. The van der Waals surface area contributed by atoms with E-state index in [1.54, 1.807) is 24.3 Å². The molecule has 0 unspecified atom stereocenters. The minimum absolute atomic E-state index is 0.0627. The lowest BCUT2D eigenvalue weighted by Gasteiger charge is -2.64. The summed E-state index contributed by atoms with van der Waals surface area (Å²) >= 11 is 0. The Morgan fingerprint density at radius 3 is 1.83 bits per heavy atom. The highest BCUT2D eigenvalue weighted by Crippen LogP contribution is 2.69. The smallest absolute Gasteiger partial charge is 0.310 e. The van der Waals surface area contributed by atoms with E-state index in [-0.39, 0.29) is 64.8 Å². The zero-order valence-corrected chi connectivity index (χ0v) is 39.5. The standard InChI is InChI=1S/C51H74O8Si/c1-31(2)60(32(3)4,33(5)6)56-28-25-34(7)41-21-22-42-46-43(24-27-50(41,42)10)51(11)26-23-40(30-44(51)48(57-35(8)52)49(46)58-36(9)53)59-45(54)29-37-17-19-39(20-18-37)47(55)38-15-13-12-14-16-38/h12-20,31-34,40-44,46,48-49H,21-30H2,1-11H3/t34-,40-,41-,42+,43+,44-,46+,48-,49-,50-,51-/m1/s1. The van der Waals surface area contributed by atoms with Crippen molar-refractivity contribution >= 4 is 32.0 Å². The summed E-state index contributed by atoms with van der Waals surface area (Å²) < 4.78 is 25.9. The van der Waals surface area contributed by atoms with Crippen molar-refractivity contribution in [1.82, 2.24) is 0 Å². The molecule has 4 aliphatic carbocycles. The number of fused-ring (bicyclic) bond motifs is 5. The zero-order valence-electron chi connectivity index (χ0n) is 38.5. The minimum Gasteiger partial charge on any atom is -0.462 e. The van der Waals surface area contributed by atoms with Gasteiger partial charge in [-0.05, 0) is 108 Å². The summed E-state index contributed by atoms with van der Waals surface area (Å²) in [5, 5.41) is 0. The number of hydrogen-bond acceptors (Lipinski definition) is 8. The molecule has 60 heavy (non-hydrogen) atoms. The number of hydrogen-bond donors (Lipinski definition) is 0. The van der Waals surface area contributed by atoms with E-state index < -0.39 is 20.5 Å². The first-order chi connectivity index (χ1) is 28.3. The van der Waals surface area contributed by atoms with E-state index in [0.29, 0.717) is 51.9 Å². The van der Waals surface area contributed by atoms with Crippen LogP contribution in [0.5, 0.6) is 0 Å². The maximum Gasteiger partial charge on any atom is 0.310 e. The second kappa shape index (κ2) is 18.6. The fourth-order valence-electron chi connectivity index (χ4n) is 14.0. The van der Waals surface area contributed by atoms with Crippen LogP contribution in [-0.2, 0) is 39.4 Å². The lowest BCUT2D eigenvalue weighted by molar-refractivity contribution is -0.242. The summed E-state index contributed by atoms with van der Waals surface area (Å²) in [4.78, 5) is 52.3. The van der Waals surface area contributed by atoms with Gasteiger partial charge in [0.25, 0.3) is 0 Å². The van der Waals surface area contributed by atoms with Gasteiger partial charge in [-0.1, -0.05) is 117 Å². The first-order valence-corrected chi connectivity index (χ1v) is 25.3. The van der Waals surface area contributed by atoms with Gasteiger partial charge >= 0.3 is 17.9 Å². The number of benzene rings is 2. The molecule has 0 saturated heterocycles. The van der Waals surface area contributed by atoms with Crippen molar-refractivity contribution in [1.29, 1.82) is 0 Å². The normalized spacial score (nSPS) is 31.8. The van der Waals surface area contributed by atoms with Crippen molar-refractivity contribution < 1.29 is 37.8 Å². The van der Waals surface area contributed by atoms with Crippen molar-refractivity contribution in [2.24, 2.45) is 46.3 Å². The average molecular weight is 843 g/mol. The highest BCUT2D eigenvalue weighted by Gasteiger charge is 2.67. The summed E-state index contributed by atoms with van der Waals surface area (Å²) in [5.41, 5.74) is 3.53. The summed E-state index contributed by atoms with van der Waals surface area (Å²) in [6, 6.07) is 16.3. The Bertz CT molecular complexity index is 1800. The summed E-state index contributed by atoms with van der Waals surface area (Å²) in [6.45, 7) is 25.2. The third kappa shape index (κ3) is 8.96. The highest BCUT2D eigenvalue weighted by atomic mass is 28.4. The van der Waals surface area contributed by atoms with Gasteiger partial charge in [0.15, 0.2) is 14.1 Å². The molecule has 2 aromatic rings. The zero-order chi connectivity index (χ0) is 43.7. The first kappa shape index (κ1) is 46.2. The van der Waals surface area contributed by atoms with Crippen LogP contribution in [-0.4, -0.2) is 56.9 Å². The molecule has 9 heteroatoms. The van der Waals surface area contributed by atoms with Gasteiger partial charge in [0, 0.05) is 43.4 Å². The fraction of sp³-hybridized carbons (Fsp3) is 0.686. The van der Waals surface area contributed by atoms with Gasteiger partial charge in [-0.2, -0.15) is 0 Å². The number of ether oxygens (including phenoxy) is 3. The van der Waals surface area contributed by atoms with Crippen molar-refractivity contribution in [3.8, 4) is 0 Å². The summed E-state index contributed by atoms with van der Waals surface area (Å²) in [5.74, 6) is 0.481. The van der Waals surface area contributed by atoms with Crippen LogP contribution in [0.2, 0.25) is 16.6 Å². The third-order valence-corrected chi connectivity index (χ3v) is 22.7. The highest BCUT2D eigenvalue weighted by molar-refractivity contribution is 6.77. The molecule has 6 rings (SSSR count). The topological polar surface area (TPSA) is 105 Å². The Labute approximate surface area is 361 Å². The van der Waals surface area contributed by atoms with E-state index in [2.05, 4.69) is 62.3 Å². The molecule has 4 aliphatic rings. The molecule has 0 heterocycles. The molecule has 0 radical (unpaired) electrons. The van der Waals surface area contributed by atoms with Gasteiger partial charge in [-0.15, -0.1) is 0 Å². The van der Waals surface area contributed by atoms with Gasteiger partial charge in [0.05, 0.1) is 6.42 Å². The monoisotopic (exact) mass is 843 g/mol. The molecular weight excluding hydrogens is 769 g/mol. The van der Waals surface area contributed by atoms with E-state index in [1.165, 1.54) is 13.8 Å². The van der Waals surface area contributed by atoms with E-state index in [1.807, 2.05) is 30.3 Å². The van der Waals surface area contributed by atoms with E-state index in [4.69, 9.17) is 18.6 Å². The van der Waals surface area contributed by atoms with Crippen LogP contribution >= 0.6 is 0 Å². The molecule has 4 saturated carbocycles. The Morgan fingerprint density at radius 2 is 1.23 bits per heavy atom. The van der Waals surface area contributed by atoms with Crippen molar-refractivity contribution in [3.63, 3.8) is 0 Å². The van der Waals surface area contributed by atoms with Gasteiger partial charge in [0.1, 0.15) is 18.3 Å². The SMILES string of the molecule is CC(=O)O[C@H]1[C@H](OC(C)=O)[C@H]2C[C@H](OC(=O)Cc3ccc(C(=O)c4ccccc4)cc3)CC[C@]2(C)[C@H]2CC[C@]3(C)[C@@H]([C@H](C)CCO[Si](C(C)C)(C(C)C)C(C)C)CC[C@H]3[C@H]12. The molecule has 330 valence electrons. The molecule has 0 spiro atoms. The van der Waals surface area contributed by atoms with Gasteiger partial charge in [-0.25, -0.2) is 0 Å². The number of esters is 3. The molecule has 11 atom stereocenters. The molecular formula is C51H74O8Si. The van der Waals surface area contributed by atoms with Crippen LogP contribution in [0, 0.1) is 46.3 Å². The molecule has 2 aromatic carbocycles. The Kier molecular flexibility index (Phi) is 14.3. The van der Waals surface area contributed by atoms with Crippen LogP contribution in [0.25, 0.3) is 0 Å². The van der Waals surface area contributed by atoms with Crippen LogP contribution in [0.4, 0.5) is 0 Å². The fourth-order valence-corrected chi connectivity index (χ4v) is 19.4. The number of carbonyl (C=O) groups excluding carboxylic acids is 4. The van der Waals surface area contributed by atoms with Gasteiger partial charge in [0.2, 0.25) is 0 Å². The molecule has 0 aromatic heterocycles. The maximum absolute atomic E-state index is 13.5. The number of carbonyl (C=O) groups is 4. The van der Waals surface area contributed by atoms with E-state index >= 15 is 0 Å². The van der Waals surface area contributed by atoms with Crippen molar-refractivity contribution in [2.45, 2.75) is 169 Å². The molecule has 0 amide bonds. The molecule has 4 fully saturated rings. The largest absolute Gasteiger partial charge is 0.462 e. The molecule has 8 nitrogen and oxygen atoms in total. The van der Waals surface area contributed by atoms with Crippen molar-refractivity contribution in [2.75, 3.05) is 6.61 Å². The minimum atomic E-state index is -1.96. The van der Waals surface area contributed by atoms with Crippen LogP contribution in [0.1, 0.15) is 149 Å². The maximum atomic E-state index is 13.5. The van der Waals surface area contributed by atoms with Gasteiger partial charge < -0.3 is 18.6 Å². The summed E-state index contributed by atoms with van der Waals surface area (Å²) in [6.07, 6.45) is 6.09. The van der Waals surface area contributed by atoms with E-state index in [9.17, 15) is 19.2 Å². The number of rotatable bonds is 15. The van der Waals surface area contributed by atoms with E-state index in [0.717, 1.165) is 57.1 Å². The predicted molar refractivity (Wildman–Crippen MR) is 238 cm³/mol. The summed E-state index contributed by atoms with van der Waals surface area (Å²) in [7, 11) is -1.96. The quantitative estimate of drug-likeness (QED) is 0.0755. The Morgan fingerprint density at radius 1 is 0.667 bits per heavy atom. The van der Waals surface area contributed by atoms with Crippen LogP contribution < -0.4 is 0 Å². The second-order valence-corrected chi connectivity index (χ2v) is 26.1. The van der Waals surface area contributed by atoms with Crippen LogP contribution in [0.3, 0.4) is 0 Å². The molecule has 0 N–H and O–H groups in total. The first-order valence-electron chi connectivity index (χ1n) is 23.2. The average Bonchev–Trinajstić information content (AvgIpc) is 3.55. The third-order valence-electron chi connectivity index (χ3n) is 16.5. The predicted octanol–water partition coefficient (Wildman–Crippen LogP) is 11.3. The number of ketones is 1. The second-order valence-electron chi connectivity index (χ2n) is 20.7. The van der Waals surface area contributed by atoms with Gasteiger partial charge in [-0.3, -0.25) is 19.2 Å². The van der Waals surface area contributed by atoms with Crippen molar-refractivity contribution in [3.05, 3.63) is 71.3 Å². The Balaban J connectivity index is 1.17. The molecule has 0 bridgehead atoms. The Hall–Kier alpha value is -3.30. The lowest BCUT2D eigenvalue weighted by atomic mass is 9.43.